The molecule has 0 spiro atoms. The minimum Gasteiger partial charge on any atom is -0.465 e. The van der Waals surface area contributed by atoms with E-state index in [1.807, 2.05) is 0 Å². The Labute approximate surface area is 273 Å². The second kappa shape index (κ2) is 11.9. The van der Waals surface area contributed by atoms with Crippen LogP contribution in [-0.2, 0) is 22.3 Å². The molecule has 8 bridgehead atoms. The summed E-state index contributed by atoms with van der Waals surface area (Å²) >= 11 is 0. The first-order valence-electron chi connectivity index (χ1n) is 17.1. The molecule has 3 aliphatic carbocycles. The zero-order valence-corrected chi connectivity index (χ0v) is 28.0. The van der Waals surface area contributed by atoms with Crippen LogP contribution in [0.3, 0.4) is 0 Å². The molecule has 0 heterocycles. The van der Waals surface area contributed by atoms with E-state index >= 15 is 0 Å². The largest absolute Gasteiger partial charge is 0.465 e. The van der Waals surface area contributed by atoms with Crippen LogP contribution < -0.4 is 0 Å². The van der Waals surface area contributed by atoms with Gasteiger partial charge in [-0.3, -0.25) is 0 Å². The topological polar surface area (TPSA) is 52.6 Å². The minimum atomic E-state index is -0.266. The Balaban J connectivity index is 1.57. The molecule has 4 aromatic carbocycles. The normalized spacial score (nSPS) is 20.3. The minimum absolute atomic E-state index is 0.0588. The van der Waals surface area contributed by atoms with Gasteiger partial charge in [-0.15, -0.1) is 0 Å². The molecule has 46 heavy (non-hydrogen) atoms. The van der Waals surface area contributed by atoms with E-state index in [2.05, 4.69) is 88.4 Å². The van der Waals surface area contributed by atoms with Crippen molar-refractivity contribution < 1.29 is 19.1 Å². The monoisotopic (exact) mass is 612 g/mol. The summed E-state index contributed by atoms with van der Waals surface area (Å²) in [6, 6.07) is 22.9. The van der Waals surface area contributed by atoms with Crippen molar-refractivity contribution in [2.45, 2.75) is 89.9 Å². The van der Waals surface area contributed by atoms with E-state index in [-0.39, 0.29) is 35.6 Å². The lowest BCUT2D eigenvalue weighted by Gasteiger charge is -2.34. The van der Waals surface area contributed by atoms with Gasteiger partial charge < -0.3 is 9.47 Å². The summed E-state index contributed by atoms with van der Waals surface area (Å²) in [7, 11) is 2.98. The lowest BCUT2D eigenvalue weighted by molar-refractivity contribution is 0.0590. The maximum absolute atomic E-state index is 13.4. The van der Waals surface area contributed by atoms with Crippen molar-refractivity contribution in [1.82, 2.24) is 0 Å². The van der Waals surface area contributed by atoms with Crippen LogP contribution >= 0.6 is 0 Å². The molecule has 0 aliphatic heterocycles. The van der Waals surface area contributed by atoms with E-state index in [1.54, 1.807) is 0 Å². The third-order valence-electron chi connectivity index (χ3n) is 11.2. The molecule has 4 atom stereocenters. The number of hydrogen-bond donors (Lipinski definition) is 0. The second-order valence-corrected chi connectivity index (χ2v) is 13.4. The van der Waals surface area contributed by atoms with Gasteiger partial charge in [0.1, 0.15) is 0 Å². The Morgan fingerprint density at radius 3 is 1.22 bits per heavy atom. The number of fused-ring (bicyclic) bond motifs is 4. The number of hydrogen-bond acceptors (Lipinski definition) is 4. The summed E-state index contributed by atoms with van der Waals surface area (Å²) in [5.74, 6) is 0.0143. The molecule has 4 heteroatoms. The second-order valence-electron chi connectivity index (χ2n) is 13.4. The molecule has 4 nitrogen and oxygen atoms in total. The Hall–Kier alpha value is -4.18. The summed E-state index contributed by atoms with van der Waals surface area (Å²) < 4.78 is 10.8. The highest BCUT2D eigenvalue weighted by Crippen LogP contribution is 2.47. The molecule has 4 unspecified atom stereocenters. The molecular formula is C42H44O4. The molecule has 7 rings (SSSR count). The molecule has 236 valence electrons. The molecule has 4 aromatic rings. The molecular weight excluding hydrogens is 568 g/mol. The fraction of sp³-hybridized carbons (Fsp3) is 0.381. The number of ether oxygens (including phenoxy) is 2. The first-order valence-corrected chi connectivity index (χ1v) is 17.1. The summed E-state index contributed by atoms with van der Waals surface area (Å²) in [5.41, 5.74) is 16.4. The zero-order valence-electron chi connectivity index (χ0n) is 28.0. The number of carbonyl (C=O) groups excluding carboxylic acids is 2. The molecule has 0 fully saturated rings. The van der Waals surface area contributed by atoms with Crippen LogP contribution in [0.2, 0.25) is 0 Å². The van der Waals surface area contributed by atoms with Gasteiger partial charge in [-0.2, -0.15) is 0 Å². The first-order chi connectivity index (χ1) is 22.3. The maximum Gasteiger partial charge on any atom is 0.338 e. The van der Waals surface area contributed by atoms with Gasteiger partial charge in [-0.25, -0.2) is 9.59 Å². The van der Waals surface area contributed by atoms with Crippen LogP contribution in [0.1, 0.15) is 165 Å². The molecule has 0 saturated carbocycles. The highest BCUT2D eigenvalue weighted by Gasteiger charge is 2.34. The Morgan fingerprint density at radius 2 is 0.870 bits per heavy atom. The van der Waals surface area contributed by atoms with E-state index in [9.17, 15) is 9.59 Å². The van der Waals surface area contributed by atoms with Crippen LogP contribution in [0.4, 0.5) is 0 Å². The van der Waals surface area contributed by atoms with Gasteiger partial charge in [0.2, 0.25) is 0 Å². The van der Waals surface area contributed by atoms with Gasteiger partial charge in [0.05, 0.1) is 25.3 Å². The Bertz CT molecular complexity index is 1740. The fourth-order valence-electron chi connectivity index (χ4n) is 8.99. The van der Waals surface area contributed by atoms with Crippen molar-refractivity contribution >= 4 is 11.9 Å². The smallest absolute Gasteiger partial charge is 0.338 e. The van der Waals surface area contributed by atoms with E-state index in [0.717, 1.165) is 49.7 Å². The zero-order chi connectivity index (χ0) is 32.3. The highest BCUT2D eigenvalue weighted by molar-refractivity contribution is 5.93. The Morgan fingerprint density at radius 1 is 0.500 bits per heavy atom. The molecule has 0 saturated heterocycles. The average Bonchev–Trinajstić information content (AvgIpc) is 3.08. The van der Waals surface area contributed by atoms with Crippen molar-refractivity contribution in [1.29, 1.82) is 0 Å². The van der Waals surface area contributed by atoms with Crippen LogP contribution in [0, 0.1) is 0 Å². The van der Waals surface area contributed by atoms with E-state index in [1.165, 1.54) is 69.9 Å². The van der Waals surface area contributed by atoms with Crippen molar-refractivity contribution in [2.24, 2.45) is 0 Å². The van der Waals surface area contributed by atoms with Crippen LogP contribution in [0.15, 0.2) is 60.7 Å². The summed E-state index contributed by atoms with van der Waals surface area (Å²) in [6.07, 6.45) is 5.22. The van der Waals surface area contributed by atoms with E-state index in [0.29, 0.717) is 11.1 Å². The van der Waals surface area contributed by atoms with Crippen molar-refractivity contribution in [3.05, 3.63) is 139 Å². The van der Waals surface area contributed by atoms with Gasteiger partial charge in [-0.1, -0.05) is 76.2 Å². The molecule has 0 radical (unpaired) electrons. The first kappa shape index (κ1) is 30.5. The number of methoxy groups -OCH3 is 2. The van der Waals surface area contributed by atoms with E-state index in [4.69, 9.17) is 9.47 Å². The average molecular weight is 613 g/mol. The third kappa shape index (κ3) is 4.63. The molecule has 0 N–H and O–H groups in total. The number of esters is 2. The lowest BCUT2D eigenvalue weighted by Crippen LogP contribution is -2.21. The van der Waals surface area contributed by atoms with Gasteiger partial charge in [0, 0.05) is 23.7 Å². The molecule has 3 aliphatic rings. The predicted octanol–water partition coefficient (Wildman–Crippen LogP) is 9.55. The number of carbonyl (C=O) groups is 2. The highest BCUT2D eigenvalue weighted by atomic mass is 16.5. The third-order valence-corrected chi connectivity index (χ3v) is 11.2. The maximum atomic E-state index is 13.4. The van der Waals surface area contributed by atoms with Gasteiger partial charge in [0.25, 0.3) is 0 Å². The predicted molar refractivity (Wildman–Crippen MR) is 183 cm³/mol. The van der Waals surface area contributed by atoms with E-state index < -0.39 is 0 Å². The van der Waals surface area contributed by atoms with Crippen molar-refractivity contribution in [2.75, 3.05) is 14.2 Å². The standard InChI is InChI=1S/C42H44O4/c1-7-29-25-13-11-23-15-28-20-40(42(44)46-6)38(22-36(28)31(9-3)33(23)17-25)30(8-2)26-14-12-24-16-27-19-39(41(43)45-5)37(29)21-35(27)32(10-4)34(24)18-26/h11-14,17-22,29-32H,7-10,15-16H2,1-6H3. The SMILES string of the molecule is CCC1c2ccc3c(c2)C(CC)c2cc(c(C(=O)OC)cc2C3)C(CC)c2ccc3c(c2)C(CC)c2cc1c(C(=O)OC)cc2C3. The molecule has 0 amide bonds. The quantitative estimate of drug-likeness (QED) is 0.204. The fourth-order valence-corrected chi connectivity index (χ4v) is 8.99. The van der Waals surface area contributed by atoms with Gasteiger partial charge >= 0.3 is 11.9 Å². The van der Waals surface area contributed by atoms with Crippen molar-refractivity contribution in [3.8, 4) is 0 Å². The summed E-state index contributed by atoms with van der Waals surface area (Å²) in [6.45, 7) is 8.97. The van der Waals surface area contributed by atoms with Gasteiger partial charge in [0.15, 0.2) is 0 Å². The van der Waals surface area contributed by atoms with Crippen LogP contribution in [0.25, 0.3) is 0 Å². The van der Waals surface area contributed by atoms with Crippen LogP contribution in [0.5, 0.6) is 0 Å². The Kier molecular flexibility index (Phi) is 7.87. The van der Waals surface area contributed by atoms with Crippen LogP contribution in [-0.4, -0.2) is 26.2 Å². The summed E-state index contributed by atoms with van der Waals surface area (Å²) in [5, 5.41) is 0. The van der Waals surface area contributed by atoms with Crippen molar-refractivity contribution in [3.63, 3.8) is 0 Å². The number of benzene rings is 4. The number of rotatable bonds is 6. The lowest BCUT2D eigenvalue weighted by atomic mass is 9.70. The molecule has 0 aromatic heterocycles. The summed E-state index contributed by atoms with van der Waals surface area (Å²) in [4.78, 5) is 26.8. The van der Waals surface area contributed by atoms with Gasteiger partial charge in [-0.05, 0) is 117 Å².